The molecule has 7 heteroatoms. The molecule has 0 atom stereocenters. The number of carbonyl (C=O) groups is 1. The second-order valence-electron chi connectivity index (χ2n) is 5.31. The molecule has 3 rings (SSSR count). The highest BCUT2D eigenvalue weighted by Crippen LogP contribution is 2.23. The van der Waals surface area contributed by atoms with Crippen molar-refractivity contribution >= 4 is 17.5 Å². The minimum atomic E-state index is -0.363. The molecule has 0 aliphatic rings. The third-order valence-corrected chi connectivity index (χ3v) is 4.66. The van der Waals surface area contributed by atoms with Gasteiger partial charge in [0.15, 0.2) is 5.78 Å². The van der Waals surface area contributed by atoms with E-state index in [9.17, 15) is 9.18 Å². The molecule has 0 fully saturated rings. The van der Waals surface area contributed by atoms with E-state index in [4.69, 9.17) is 0 Å². The van der Waals surface area contributed by atoms with E-state index < -0.39 is 0 Å². The topological polar surface area (TPSA) is 60.7 Å². The van der Waals surface area contributed by atoms with Crippen molar-refractivity contribution in [3.05, 3.63) is 65.0 Å². The van der Waals surface area contributed by atoms with Crippen LogP contribution in [-0.4, -0.2) is 31.7 Å². The van der Waals surface area contributed by atoms with Gasteiger partial charge in [0.05, 0.1) is 11.4 Å². The number of thioether (sulfide) groups is 1. The van der Waals surface area contributed by atoms with Crippen molar-refractivity contribution in [3.8, 4) is 5.69 Å². The summed E-state index contributed by atoms with van der Waals surface area (Å²) in [6, 6.07) is 11.4. The molecular weight excluding hydrogens is 327 g/mol. The molecule has 24 heavy (non-hydrogen) atoms. The number of Topliss-reactive ketones (excluding diaryl/α,β-unsaturated/α-hetero) is 1. The Labute approximate surface area is 142 Å². The molecule has 0 radical (unpaired) electrons. The number of ketones is 1. The van der Waals surface area contributed by atoms with Gasteiger partial charge in [0, 0.05) is 5.56 Å². The Kier molecular flexibility index (Phi) is 4.71. The number of rotatable bonds is 5. The monoisotopic (exact) mass is 342 g/mol. The highest BCUT2D eigenvalue weighted by atomic mass is 32.2. The molecule has 0 spiro atoms. The van der Waals surface area contributed by atoms with Crippen LogP contribution in [0.25, 0.3) is 5.69 Å². The number of tetrazole rings is 1. The number of carbonyl (C=O) groups excluding carboxylic acids is 1. The van der Waals surface area contributed by atoms with Gasteiger partial charge in [-0.25, -0.2) is 4.39 Å². The first-order chi connectivity index (χ1) is 11.6. The van der Waals surface area contributed by atoms with Crippen molar-refractivity contribution in [2.75, 3.05) is 5.75 Å². The van der Waals surface area contributed by atoms with Crippen LogP contribution in [0.5, 0.6) is 0 Å². The maximum Gasteiger partial charge on any atom is 0.214 e. The van der Waals surface area contributed by atoms with E-state index in [1.54, 1.807) is 4.68 Å². The van der Waals surface area contributed by atoms with Gasteiger partial charge < -0.3 is 0 Å². The van der Waals surface area contributed by atoms with Crippen LogP contribution in [0, 0.1) is 19.7 Å². The summed E-state index contributed by atoms with van der Waals surface area (Å²) in [7, 11) is 0. The van der Waals surface area contributed by atoms with Crippen molar-refractivity contribution in [2.45, 2.75) is 19.0 Å². The summed E-state index contributed by atoms with van der Waals surface area (Å²) in [5.41, 5.74) is 3.57. The third kappa shape index (κ3) is 3.35. The molecule has 2 aromatic carbocycles. The Morgan fingerprint density at radius 3 is 2.67 bits per heavy atom. The van der Waals surface area contributed by atoms with Crippen LogP contribution in [0.3, 0.4) is 0 Å². The fourth-order valence-corrected chi connectivity index (χ4v) is 3.01. The van der Waals surface area contributed by atoms with Crippen LogP contribution >= 0.6 is 11.8 Å². The Balaban J connectivity index is 1.78. The largest absolute Gasteiger partial charge is 0.293 e. The first-order valence-electron chi connectivity index (χ1n) is 7.33. The summed E-state index contributed by atoms with van der Waals surface area (Å²) in [6.45, 7) is 4.03. The Morgan fingerprint density at radius 2 is 1.92 bits per heavy atom. The molecule has 5 nitrogen and oxygen atoms in total. The lowest BCUT2D eigenvalue weighted by atomic mass is 10.1. The predicted molar refractivity (Wildman–Crippen MR) is 90.1 cm³/mol. The number of aromatic nitrogens is 4. The molecule has 1 heterocycles. The molecule has 0 unspecified atom stereocenters. The van der Waals surface area contributed by atoms with Crippen LogP contribution in [-0.2, 0) is 0 Å². The lowest BCUT2D eigenvalue weighted by Gasteiger charge is -2.09. The fraction of sp³-hybridized carbons (Fsp3) is 0.176. The van der Waals surface area contributed by atoms with E-state index in [2.05, 4.69) is 15.5 Å². The number of benzene rings is 2. The lowest BCUT2D eigenvalue weighted by molar-refractivity contribution is 0.102. The van der Waals surface area contributed by atoms with Gasteiger partial charge in [-0.1, -0.05) is 23.9 Å². The van der Waals surface area contributed by atoms with Crippen LogP contribution in [0.2, 0.25) is 0 Å². The summed E-state index contributed by atoms with van der Waals surface area (Å²) in [4.78, 5) is 12.2. The number of nitrogens with zero attached hydrogens (tertiary/aromatic N) is 4. The van der Waals surface area contributed by atoms with E-state index in [1.165, 1.54) is 36.0 Å². The lowest BCUT2D eigenvalue weighted by Crippen LogP contribution is -2.06. The van der Waals surface area contributed by atoms with Crippen molar-refractivity contribution in [1.82, 2.24) is 20.2 Å². The van der Waals surface area contributed by atoms with Crippen LogP contribution in [0.1, 0.15) is 21.5 Å². The van der Waals surface area contributed by atoms with E-state index >= 15 is 0 Å². The van der Waals surface area contributed by atoms with Gasteiger partial charge in [-0.15, -0.1) is 5.10 Å². The minimum absolute atomic E-state index is 0.101. The first-order valence-corrected chi connectivity index (χ1v) is 8.31. The fourth-order valence-electron chi connectivity index (χ4n) is 2.23. The first kappa shape index (κ1) is 16.3. The Bertz CT molecular complexity index is 877. The standard InChI is InChI=1S/C17H15FN4OS/c1-11-4-3-5-15(12(11)2)22-17(19-20-21-22)24-10-16(23)13-6-8-14(18)9-7-13/h3-9H,10H2,1-2H3. The zero-order chi connectivity index (χ0) is 17.1. The van der Waals surface area contributed by atoms with Crippen LogP contribution in [0.4, 0.5) is 4.39 Å². The minimum Gasteiger partial charge on any atom is -0.293 e. The Hall–Kier alpha value is -2.54. The normalized spacial score (nSPS) is 10.8. The van der Waals surface area contributed by atoms with E-state index in [0.29, 0.717) is 10.7 Å². The number of aryl methyl sites for hydroxylation is 1. The van der Waals surface area contributed by atoms with Gasteiger partial charge in [0.1, 0.15) is 5.82 Å². The van der Waals surface area contributed by atoms with Gasteiger partial charge in [0.25, 0.3) is 0 Å². The number of hydrogen-bond donors (Lipinski definition) is 0. The van der Waals surface area contributed by atoms with Gasteiger partial charge in [-0.3, -0.25) is 4.79 Å². The molecule has 0 bridgehead atoms. The molecular formula is C17H15FN4OS. The zero-order valence-electron chi connectivity index (χ0n) is 13.2. The Morgan fingerprint density at radius 1 is 1.17 bits per heavy atom. The van der Waals surface area contributed by atoms with Crippen LogP contribution in [0.15, 0.2) is 47.6 Å². The van der Waals surface area contributed by atoms with E-state index in [0.717, 1.165) is 16.8 Å². The number of hydrogen-bond acceptors (Lipinski definition) is 5. The van der Waals surface area contributed by atoms with Crippen molar-refractivity contribution in [3.63, 3.8) is 0 Å². The molecule has 0 N–H and O–H groups in total. The van der Waals surface area contributed by atoms with Gasteiger partial charge >= 0.3 is 0 Å². The van der Waals surface area contributed by atoms with E-state index in [-0.39, 0.29) is 17.4 Å². The summed E-state index contributed by atoms with van der Waals surface area (Å²) < 4.78 is 14.6. The van der Waals surface area contributed by atoms with Gasteiger partial charge in [0.2, 0.25) is 5.16 Å². The molecule has 3 aromatic rings. The SMILES string of the molecule is Cc1cccc(-n2nnnc2SCC(=O)c2ccc(F)cc2)c1C. The molecule has 0 aliphatic carbocycles. The van der Waals surface area contributed by atoms with Crippen molar-refractivity contribution < 1.29 is 9.18 Å². The molecule has 122 valence electrons. The van der Waals surface area contributed by atoms with E-state index in [1.807, 2.05) is 32.0 Å². The molecule has 1 aromatic heterocycles. The van der Waals surface area contributed by atoms with Gasteiger partial charge in [-0.2, -0.15) is 4.68 Å². The molecule has 0 amide bonds. The average Bonchev–Trinajstić information content (AvgIpc) is 3.04. The average molecular weight is 342 g/mol. The summed E-state index contributed by atoms with van der Waals surface area (Å²) >= 11 is 1.25. The second kappa shape index (κ2) is 6.92. The quantitative estimate of drug-likeness (QED) is 0.525. The van der Waals surface area contributed by atoms with Crippen LogP contribution < -0.4 is 0 Å². The summed E-state index contributed by atoms with van der Waals surface area (Å²) in [6.07, 6.45) is 0. The maximum absolute atomic E-state index is 12.9. The summed E-state index contributed by atoms with van der Waals surface area (Å²) in [5, 5.41) is 12.3. The summed E-state index contributed by atoms with van der Waals surface area (Å²) in [5.74, 6) is -0.287. The highest BCUT2D eigenvalue weighted by Gasteiger charge is 2.14. The molecule has 0 saturated carbocycles. The van der Waals surface area contributed by atoms with Gasteiger partial charge in [-0.05, 0) is 65.7 Å². The second-order valence-corrected chi connectivity index (χ2v) is 6.25. The highest BCUT2D eigenvalue weighted by molar-refractivity contribution is 7.99. The smallest absolute Gasteiger partial charge is 0.214 e. The maximum atomic E-state index is 12.9. The predicted octanol–water partition coefficient (Wildman–Crippen LogP) is 3.39. The third-order valence-electron chi connectivity index (χ3n) is 3.74. The zero-order valence-corrected chi connectivity index (χ0v) is 14.0. The van der Waals surface area contributed by atoms with Crippen molar-refractivity contribution in [2.24, 2.45) is 0 Å². The van der Waals surface area contributed by atoms with Crippen molar-refractivity contribution in [1.29, 1.82) is 0 Å². The number of halogens is 1. The molecule has 0 aliphatic heterocycles. The molecule has 0 saturated heterocycles.